The number of fused-ring (bicyclic) bond motifs is 1. The van der Waals surface area contributed by atoms with Gasteiger partial charge in [0.1, 0.15) is 0 Å². The Bertz CT molecular complexity index is 717. The number of hydrogen-bond acceptors (Lipinski definition) is 3. The Hall–Kier alpha value is -1.85. The van der Waals surface area contributed by atoms with Crippen LogP contribution in [0.3, 0.4) is 0 Å². The third kappa shape index (κ3) is 3.26. The Kier molecular flexibility index (Phi) is 5.44. The molecule has 0 aliphatic heterocycles. The van der Waals surface area contributed by atoms with Crippen molar-refractivity contribution in [2.24, 2.45) is 5.73 Å². The highest BCUT2D eigenvalue weighted by Gasteiger charge is 2.20. The van der Waals surface area contributed by atoms with E-state index in [1.807, 2.05) is 6.92 Å². The van der Waals surface area contributed by atoms with Crippen LogP contribution < -0.4 is 5.73 Å². The van der Waals surface area contributed by atoms with Gasteiger partial charge in [0.25, 0.3) is 0 Å². The second kappa shape index (κ2) is 7.15. The molecule has 126 valence electrons. The van der Waals surface area contributed by atoms with Crippen LogP contribution >= 0.6 is 0 Å². The van der Waals surface area contributed by atoms with Crippen LogP contribution in [0.25, 0.3) is 10.9 Å². The number of aliphatic hydroxyl groups excluding tert-OH is 1. The molecule has 1 heterocycles. The normalized spacial score (nSPS) is 11.6. The second-order valence-electron chi connectivity index (χ2n) is 6.25. The van der Waals surface area contributed by atoms with Gasteiger partial charge in [0.05, 0.1) is 11.1 Å². The van der Waals surface area contributed by atoms with Crippen LogP contribution in [0, 0.1) is 6.92 Å². The molecular formula is C18H26N2O3. The zero-order valence-electron chi connectivity index (χ0n) is 14.1. The van der Waals surface area contributed by atoms with E-state index in [0.29, 0.717) is 18.5 Å². The molecule has 1 aromatic carbocycles. The van der Waals surface area contributed by atoms with Gasteiger partial charge in [-0.05, 0) is 55.5 Å². The second-order valence-corrected chi connectivity index (χ2v) is 6.25. The fourth-order valence-electron chi connectivity index (χ4n) is 3.25. The molecule has 0 bridgehead atoms. The molecule has 0 aliphatic rings. The number of nitrogens with zero attached hydrogens (tertiary/aromatic N) is 1. The molecular weight excluding hydrogens is 292 g/mol. The molecule has 0 saturated heterocycles. The van der Waals surface area contributed by atoms with Crippen molar-refractivity contribution in [1.82, 2.24) is 4.57 Å². The van der Waals surface area contributed by atoms with E-state index in [0.717, 1.165) is 40.7 Å². The maximum Gasteiger partial charge on any atom is 0.335 e. The fourth-order valence-corrected chi connectivity index (χ4v) is 3.25. The molecule has 5 heteroatoms. The largest absolute Gasteiger partial charge is 0.478 e. The number of benzene rings is 1. The number of carboxylic acids is 1. The summed E-state index contributed by atoms with van der Waals surface area (Å²) in [7, 11) is 0. The molecule has 0 radical (unpaired) electrons. The number of aromatic carboxylic acids is 1. The van der Waals surface area contributed by atoms with Gasteiger partial charge in [-0.25, -0.2) is 4.79 Å². The van der Waals surface area contributed by atoms with E-state index in [1.165, 1.54) is 0 Å². The lowest BCUT2D eigenvalue weighted by Gasteiger charge is -2.14. The molecule has 23 heavy (non-hydrogen) atoms. The zero-order valence-corrected chi connectivity index (χ0v) is 14.1. The van der Waals surface area contributed by atoms with E-state index < -0.39 is 5.97 Å². The molecule has 0 atom stereocenters. The van der Waals surface area contributed by atoms with Crippen LogP contribution in [0.2, 0.25) is 0 Å². The van der Waals surface area contributed by atoms with Gasteiger partial charge in [-0.1, -0.05) is 13.8 Å². The van der Waals surface area contributed by atoms with E-state index in [4.69, 9.17) is 5.73 Å². The first-order valence-corrected chi connectivity index (χ1v) is 8.12. The summed E-state index contributed by atoms with van der Waals surface area (Å²) in [6.07, 6.45) is 1.39. The molecule has 1 aromatic heterocycles. The summed E-state index contributed by atoms with van der Waals surface area (Å²) in [6.45, 7) is 7.57. The van der Waals surface area contributed by atoms with Crippen molar-refractivity contribution in [2.75, 3.05) is 13.2 Å². The Morgan fingerprint density at radius 3 is 2.57 bits per heavy atom. The Morgan fingerprint density at radius 2 is 2.04 bits per heavy atom. The zero-order chi connectivity index (χ0) is 17.1. The van der Waals surface area contributed by atoms with Gasteiger partial charge >= 0.3 is 5.97 Å². The number of aliphatic hydroxyl groups is 1. The molecule has 5 nitrogen and oxygen atoms in total. The summed E-state index contributed by atoms with van der Waals surface area (Å²) < 4.78 is 2.21. The Labute approximate surface area is 136 Å². The highest BCUT2D eigenvalue weighted by atomic mass is 16.4. The first kappa shape index (κ1) is 17.5. The van der Waals surface area contributed by atoms with Crippen LogP contribution in [0.5, 0.6) is 0 Å². The van der Waals surface area contributed by atoms with Crippen molar-refractivity contribution in [3.8, 4) is 0 Å². The predicted molar refractivity (Wildman–Crippen MR) is 92.2 cm³/mol. The van der Waals surface area contributed by atoms with E-state index in [-0.39, 0.29) is 12.5 Å². The average molecular weight is 318 g/mol. The quantitative estimate of drug-likeness (QED) is 0.732. The van der Waals surface area contributed by atoms with Gasteiger partial charge in [-0.3, -0.25) is 0 Å². The van der Waals surface area contributed by atoms with E-state index in [9.17, 15) is 15.0 Å². The molecule has 2 aromatic rings. The summed E-state index contributed by atoms with van der Waals surface area (Å²) in [5.41, 5.74) is 10.4. The molecule has 0 saturated carbocycles. The predicted octanol–water partition coefficient (Wildman–Crippen LogP) is 2.65. The first-order valence-electron chi connectivity index (χ1n) is 8.12. The van der Waals surface area contributed by atoms with Crippen molar-refractivity contribution < 1.29 is 15.0 Å². The van der Waals surface area contributed by atoms with Crippen molar-refractivity contribution in [3.05, 3.63) is 34.5 Å². The van der Waals surface area contributed by atoms with Crippen LogP contribution in [0.15, 0.2) is 12.1 Å². The SMILES string of the molecule is Cc1c(CCN)c2cc(C(=O)O)cc(C(C)C)c2n1CCCO. The number of aromatic nitrogens is 1. The number of aryl methyl sites for hydroxylation is 1. The molecule has 0 amide bonds. The van der Waals surface area contributed by atoms with Crippen molar-refractivity contribution >= 4 is 16.9 Å². The van der Waals surface area contributed by atoms with Crippen LogP contribution in [0.1, 0.15) is 53.4 Å². The Balaban J connectivity index is 2.83. The third-order valence-electron chi connectivity index (χ3n) is 4.38. The van der Waals surface area contributed by atoms with Crippen LogP contribution in [-0.4, -0.2) is 33.9 Å². The number of hydrogen-bond donors (Lipinski definition) is 3. The van der Waals surface area contributed by atoms with Crippen molar-refractivity contribution in [1.29, 1.82) is 0 Å². The summed E-state index contributed by atoms with van der Waals surface area (Å²) in [5.74, 6) is -0.696. The first-order chi connectivity index (χ1) is 10.9. The lowest BCUT2D eigenvalue weighted by Crippen LogP contribution is -2.07. The van der Waals surface area contributed by atoms with Gasteiger partial charge in [0.2, 0.25) is 0 Å². The van der Waals surface area contributed by atoms with Gasteiger partial charge in [0, 0.05) is 24.2 Å². The minimum absolute atomic E-state index is 0.134. The highest BCUT2D eigenvalue weighted by molar-refractivity contribution is 5.97. The third-order valence-corrected chi connectivity index (χ3v) is 4.38. The van der Waals surface area contributed by atoms with Gasteiger partial charge in [-0.15, -0.1) is 0 Å². The van der Waals surface area contributed by atoms with Crippen LogP contribution in [-0.2, 0) is 13.0 Å². The van der Waals surface area contributed by atoms with Crippen molar-refractivity contribution in [2.45, 2.75) is 46.1 Å². The Morgan fingerprint density at radius 1 is 1.35 bits per heavy atom. The minimum Gasteiger partial charge on any atom is -0.478 e. The lowest BCUT2D eigenvalue weighted by molar-refractivity contribution is 0.0697. The lowest BCUT2D eigenvalue weighted by atomic mass is 9.95. The fraction of sp³-hybridized carbons (Fsp3) is 0.500. The van der Waals surface area contributed by atoms with Crippen LogP contribution in [0.4, 0.5) is 0 Å². The van der Waals surface area contributed by atoms with Crippen molar-refractivity contribution in [3.63, 3.8) is 0 Å². The minimum atomic E-state index is -0.909. The summed E-state index contributed by atoms with van der Waals surface area (Å²) in [4.78, 5) is 11.5. The van der Waals surface area contributed by atoms with Gasteiger partial charge in [0.15, 0.2) is 0 Å². The standard InChI is InChI=1S/C18H26N2O3/c1-11(2)15-9-13(18(22)23)10-16-14(5-6-19)12(3)20(17(15)16)7-4-8-21/h9-11,21H,4-8,19H2,1-3H3,(H,22,23). The number of nitrogens with two attached hydrogens (primary N) is 1. The molecule has 0 aliphatic carbocycles. The van der Waals surface area contributed by atoms with E-state index >= 15 is 0 Å². The maximum atomic E-state index is 11.5. The monoisotopic (exact) mass is 318 g/mol. The molecule has 0 unspecified atom stereocenters. The molecule has 2 rings (SSSR count). The average Bonchev–Trinajstić information content (AvgIpc) is 2.77. The number of rotatable bonds is 7. The summed E-state index contributed by atoms with van der Waals surface area (Å²) in [5, 5.41) is 19.6. The maximum absolute atomic E-state index is 11.5. The van der Waals surface area contributed by atoms with E-state index in [2.05, 4.69) is 18.4 Å². The summed E-state index contributed by atoms with van der Waals surface area (Å²) in [6, 6.07) is 3.54. The smallest absolute Gasteiger partial charge is 0.335 e. The molecule has 4 N–H and O–H groups in total. The summed E-state index contributed by atoms with van der Waals surface area (Å²) >= 11 is 0. The highest BCUT2D eigenvalue weighted by Crippen LogP contribution is 2.34. The number of carboxylic acid groups (broad SMARTS) is 1. The number of carbonyl (C=O) groups is 1. The molecule has 0 spiro atoms. The topological polar surface area (TPSA) is 88.5 Å². The van der Waals surface area contributed by atoms with Gasteiger partial charge < -0.3 is 20.5 Å². The van der Waals surface area contributed by atoms with E-state index in [1.54, 1.807) is 12.1 Å². The van der Waals surface area contributed by atoms with Gasteiger partial charge in [-0.2, -0.15) is 0 Å². The molecule has 0 fully saturated rings.